The molecular formula is C15H18N4. The molecule has 4 nitrogen and oxygen atoms in total. The summed E-state index contributed by atoms with van der Waals surface area (Å²) in [4.78, 5) is 8.53. The summed E-state index contributed by atoms with van der Waals surface area (Å²) in [5.41, 5.74) is 8.12. The maximum atomic E-state index is 6.00. The zero-order valence-electron chi connectivity index (χ0n) is 10.9. The SMILES string of the molecule is Nc1ncccc1-c1cncn1C1CC2CCC1C2. The van der Waals surface area contributed by atoms with Gasteiger partial charge in [0.05, 0.1) is 18.2 Å². The van der Waals surface area contributed by atoms with E-state index in [-0.39, 0.29) is 0 Å². The van der Waals surface area contributed by atoms with Crippen LogP contribution in [-0.2, 0) is 0 Å². The number of pyridine rings is 1. The molecule has 4 rings (SSSR count). The van der Waals surface area contributed by atoms with E-state index in [9.17, 15) is 0 Å². The van der Waals surface area contributed by atoms with Gasteiger partial charge >= 0.3 is 0 Å². The summed E-state index contributed by atoms with van der Waals surface area (Å²) in [6.07, 6.45) is 11.1. The number of rotatable bonds is 2. The van der Waals surface area contributed by atoms with E-state index < -0.39 is 0 Å². The van der Waals surface area contributed by atoms with Gasteiger partial charge in [0, 0.05) is 17.8 Å². The molecule has 0 saturated heterocycles. The largest absolute Gasteiger partial charge is 0.383 e. The van der Waals surface area contributed by atoms with Crippen molar-refractivity contribution in [1.29, 1.82) is 0 Å². The highest BCUT2D eigenvalue weighted by Crippen LogP contribution is 2.51. The summed E-state index contributed by atoms with van der Waals surface area (Å²) >= 11 is 0. The maximum absolute atomic E-state index is 6.00. The van der Waals surface area contributed by atoms with Crippen molar-refractivity contribution < 1.29 is 0 Å². The molecule has 2 aromatic rings. The van der Waals surface area contributed by atoms with Crippen molar-refractivity contribution in [3.05, 3.63) is 30.9 Å². The first kappa shape index (κ1) is 11.0. The minimum absolute atomic E-state index is 0.590. The van der Waals surface area contributed by atoms with Crippen LogP contribution in [0.5, 0.6) is 0 Å². The number of hydrogen-bond donors (Lipinski definition) is 1. The molecule has 2 aliphatic carbocycles. The lowest BCUT2D eigenvalue weighted by atomic mass is 9.95. The molecule has 98 valence electrons. The number of anilines is 1. The van der Waals surface area contributed by atoms with Crippen molar-refractivity contribution in [1.82, 2.24) is 14.5 Å². The molecule has 2 saturated carbocycles. The summed E-state index contributed by atoms with van der Waals surface area (Å²) in [6, 6.07) is 4.57. The zero-order valence-corrected chi connectivity index (χ0v) is 10.9. The Kier molecular flexibility index (Phi) is 2.37. The number of nitrogen functional groups attached to an aromatic ring is 1. The fourth-order valence-corrected chi connectivity index (χ4v) is 3.96. The van der Waals surface area contributed by atoms with Crippen molar-refractivity contribution in [2.24, 2.45) is 11.8 Å². The Labute approximate surface area is 112 Å². The predicted molar refractivity (Wildman–Crippen MR) is 74.4 cm³/mol. The van der Waals surface area contributed by atoms with E-state index in [1.54, 1.807) is 6.20 Å². The lowest BCUT2D eigenvalue weighted by Crippen LogP contribution is -2.16. The second-order valence-electron chi connectivity index (χ2n) is 5.86. The Morgan fingerprint density at radius 2 is 2.21 bits per heavy atom. The summed E-state index contributed by atoms with van der Waals surface area (Å²) in [7, 11) is 0. The number of imidazole rings is 1. The van der Waals surface area contributed by atoms with Gasteiger partial charge in [-0.05, 0) is 43.2 Å². The summed E-state index contributed by atoms with van der Waals surface area (Å²) in [5.74, 6) is 2.35. The molecule has 2 heterocycles. The fourth-order valence-electron chi connectivity index (χ4n) is 3.96. The molecule has 4 heteroatoms. The Morgan fingerprint density at radius 1 is 1.26 bits per heavy atom. The van der Waals surface area contributed by atoms with Crippen LogP contribution < -0.4 is 5.73 Å². The van der Waals surface area contributed by atoms with E-state index in [0.29, 0.717) is 11.9 Å². The molecule has 2 bridgehead atoms. The van der Waals surface area contributed by atoms with Gasteiger partial charge in [0.2, 0.25) is 0 Å². The molecule has 0 spiro atoms. The van der Waals surface area contributed by atoms with Gasteiger partial charge in [0.1, 0.15) is 5.82 Å². The second kappa shape index (κ2) is 4.08. The molecule has 2 N–H and O–H groups in total. The molecule has 3 atom stereocenters. The normalized spacial score (nSPS) is 28.9. The first-order valence-corrected chi connectivity index (χ1v) is 7.05. The van der Waals surface area contributed by atoms with Gasteiger partial charge in [-0.2, -0.15) is 0 Å². The predicted octanol–water partition coefficient (Wildman–Crippen LogP) is 2.89. The molecule has 2 aliphatic rings. The van der Waals surface area contributed by atoms with Gasteiger partial charge in [-0.3, -0.25) is 0 Å². The number of aromatic nitrogens is 3. The van der Waals surface area contributed by atoms with Gasteiger partial charge in [-0.25, -0.2) is 9.97 Å². The van der Waals surface area contributed by atoms with Crippen molar-refractivity contribution in [3.63, 3.8) is 0 Å². The third-order valence-electron chi connectivity index (χ3n) is 4.84. The highest BCUT2D eigenvalue weighted by molar-refractivity contribution is 5.70. The molecule has 0 aliphatic heterocycles. The molecule has 19 heavy (non-hydrogen) atoms. The van der Waals surface area contributed by atoms with E-state index in [1.807, 2.05) is 24.7 Å². The summed E-state index contributed by atoms with van der Waals surface area (Å²) in [5, 5.41) is 0. The molecule has 3 unspecified atom stereocenters. The fraction of sp³-hybridized carbons (Fsp3) is 0.467. The maximum Gasteiger partial charge on any atom is 0.132 e. The highest BCUT2D eigenvalue weighted by Gasteiger charge is 2.41. The van der Waals surface area contributed by atoms with Crippen LogP contribution in [-0.4, -0.2) is 14.5 Å². The lowest BCUT2D eigenvalue weighted by Gasteiger charge is -2.25. The van der Waals surface area contributed by atoms with E-state index in [0.717, 1.165) is 23.1 Å². The van der Waals surface area contributed by atoms with Crippen LogP contribution in [0, 0.1) is 11.8 Å². The number of nitrogens with zero attached hydrogens (tertiary/aromatic N) is 3. The first-order valence-electron chi connectivity index (χ1n) is 7.05. The van der Waals surface area contributed by atoms with E-state index in [2.05, 4.69) is 14.5 Å². The van der Waals surface area contributed by atoms with Gasteiger partial charge in [-0.1, -0.05) is 6.42 Å². The third kappa shape index (κ3) is 1.66. The summed E-state index contributed by atoms with van der Waals surface area (Å²) < 4.78 is 2.33. The van der Waals surface area contributed by atoms with Gasteiger partial charge in [0.25, 0.3) is 0 Å². The quantitative estimate of drug-likeness (QED) is 0.896. The molecule has 0 amide bonds. The monoisotopic (exact) mass is 254 g/mol. The molecule has 2 fully saturated rings. The van der Waals surface area contributed by atoms with Crippen molar-refractivity contribution in [2.45, 2.75) is 31.7 Å². The van der Waals surface area contributed by atoms with Crippen LogP contribution in [0.3, 0.4) is 0 Å². The molecular weight excluding hydrogens is 236 g/mol. The van der Waals surface area contributed by atoms with Gasteiger partial charge < -0.3 is 10.3 Å². The van der Waals surface area contributed by atoms with Crippen LogP contribution in [0.15, 0.2) is 30.9 Å². The second-order valence-corrected chi connectivity index (χ2v) is 5.86. The molecule has 2 aromatic heterocycles. The minimum atomic E-state index is 0.590. The summed E-state index contributed by atoms with van der Waals surface area (Å²) in [6.45, 7) is 0. The van der Waals surface area contributed by atoms with Crippen LogP contribution in [0.2, 0.25) is 0 Å². The zero-order chi connectivity index (χ0) is 12.8. The average Bonchev–Trinajstić information content (AvgIpc) is 3.14. The van der Waals surface area contributed by atoms with E-state index in [1.165, 1.54) is 25.7 Å². The van der Waals surface area contributed by atoms with Crippen LogP contribution in [0.1, 0.15) is 31.7 Å². The molecule has 0 radical (unpaired) electrons. The van der Waals surface area contributed by atoms with E-state index >= 15 is 0 Å². The van der Waals surface area contributed by atoms with Gasteiger partial charge in [0.15, 0.2) is 0 Å². The van der Waals surface area contributed by atoms with Crippen molar-refractivity contribution >= 4 is 5.82 Å². The Hall–Kier alpha value is -1.84. The number of hydrogen-bond acceptors (Lipinski definition) is 3. The molecule has 0 aromatic carbocycles. The first-order chi connectivity index (χ1) is 9.33. The van der Waals surface area contributed by atoms with Crippen LogP contribution in [0.25, 0.3) is 11.3 Å². The Morgan fingerprint density at radius 3 is 2.95 bits per heavy atom. The van der Waals surface area contributed by atoms with Crippen molar-refractivity contribution in [3.8, 4) is 11.3 Å². The smallest absolute Gasteiger partial charge is 0.132 e. The number of fused-ring (bicyclic) bond motifs is 2. The van der Waals surface area contributed by atoms with Crippen LogP contribution in [0.4, 0.5) is 5.82 Å². The minimum Gasteiger partial charge on any atom is -0.383 e. The number of nitrogens with two attached hydrogens (primary N) is 1. The van der Waals surface area contributed by atoms with Gasteiger partial charge in [-0.15, -0.1) is 0 Å². The van der Waals surface area contributed by atoms with Crippen LogP contribution >= 0.6 is 0 Å². The highest BCUT2D eigenvalue weighted by atomic mass is 15.1. The Balaban J connectivity index is 1.76. The topological polar surface area (TPSA) is 56.7 Å². The average molecular weight is 254 g/mol. The standard InChI is InChI=1S/C15H18N4/c16-15-12(2-1-5-18-15)14-8-17-9-19(14)13-7-10-3-4-11(13)6-10/h1-2,5,8-11,13H,3-4,6-7H2,(H2,16,18). The third-order valence-corrected chi connectivity index (χ3v) is 4.84. The van der Waals surface area contributed by atoms with E-state index in [4.69, 9.17) is 5.73 Å². The Bertz CT molecular complexity index is 604. The van der Waals surface area contributed by atoms with Crippen molar-refractivity contribution in [2.75, 3.05) is 5.73 Å². The lowest BCUT2D eigenvalue weighted by molar-refractivity contribution is 0.332.